The van der Waals surface area contributed by atoms with E-state index in [9.17, 15) is 19.2 Å². The smallest absolute Gasteiger partial charge is 0.429 e. The molecule has 0 spiro atoms. The minimum atomic E-state index is -1.37. The SMILES string of the molecule is Cc1ccccc1C(=O)OOOC(=O)OCCOC(=O)OOOC(=O)c1ccccc1C. The van der Waals surface area contributed by atoms with Crippen molar-refractivity contribution in [3.05, 3.63) is 70.8 Å². The van der Waals surface area contributed by atoms with Gasteiger partial charge in [-0.3, -0.25) is 9.78 Å². The molecule has 12 nitrogen and oxygen atoms in total. The maximum Gasteiger partial charge on any atom is 0.543 e. The summed E-state index contributed by atoms with van der Waals surface area (Å²) < 4.78 is 8.96. The largest absolute Gasteiger partial charge is 0.543 e. The lowest BCUT2D eigenvalue weighted by atomic mass is 10.1. The molecule has 0 saturated heterocycles. The number of carbonyl (C=O) groups is 4. The van der Waals surface area contributed by atoms with Gasteiger partial charge in [-0.2, -0.15) is 0 Å². The van der Waals surface area contributed by atoms with Crippen molar-refractivity contribution in [1.29, 1.82) is 0 Å². The molecule has 0 aromatic heterocycles. The quantitative estimate of drug-likeness (QED) is 0.239. The van der Waals surface area contributed by atoms with E-state index in [1.807, 2.05) is 0 Å². The van der Waals surface area contributed by atoms with Gasteiger partial charge < -0.3 is 9.47 Å². The van der Waals surface area contributed by atoms with Crippen LogP contribution in [0.15, 0.2) is 48.5 Å². The molecule has 2 aromatic carbocycles. The van der Waals surface area contributed by atoms with E-state index >= 15 is 0 Å². The minimum Gasteiger partial charge on any atom is -0.429 e. The van der Waals surface area contributed by atoms with Crippen LogP contribution < -0.4 is 0 Å². The van der Waals surface area contributed by atoms with Gasteiger partial charge in [-0.25, -0.2) is 29.0 Å². The highest BCUT2D eigenvalue weighted by molar-refractivity contribution is 5.91. The zero-order valence-electron chi connectivity index (χ0n) is 16.9. The topological polar surface area (TPSA) is 142 Å². The van der Waals surface area contributed by atoms with Crippen LogP contribution in [0.3, 0.4) is 0 Å². The fraction of sp³-hybridized carbons (Fsp3) is 0.200. The first kappa shape index (κ1) is 24.1. The zero-order valence-corrected chi connectivity index (χ0v) is 16.9. The molecule has 0 bridgehead atoms. The maximum absolute atomic E-state index is 11.7. The third kappa shape index (κ3) is 7.93. The van der Waals surface area contributed by atoms with E-state index in [1.54, 1.807) is 50.2 Å². The first-order valence-corrected chi connectivity index (χ1v) is 8.94. The lowest BCUT2D eigenvalue weighted by Crippen LogP contribution is -2.17. The van der Waals surface area contributed by atoms with Crippen LogP contribution in [0.1, 0.15) is 31.8 Å². The Bertz CT molecular complexity index is 878. The van der Waals surface area contributed by atoms with Crippen LogP contribution in [0.2, 0.25) is 0 Å². The van der Waals surface area contributed by atoms with Crippen molar-refractivity contribution in [3.8, 4) is 0 Å². The van der Waals surface area contributed by atoms with E-state index in [1.165, 1.54) is 12.1 Å². The standard InChI is InChI=1S/C20H18O12/c1-13-7-3-5-9-15(13)17(21)27-31-29-19(23)25-11-12-26-20(24)30-32-28-18(22)16-10-6-4-8-14(16)2/h3-10H,11-12H2,1-2H3. The van der Waals surface area contributed by atoms with Crippen molar-refractivity contribution in [1.82, 2.24) is 0 Å². The predicted molar refractivity (Wildman–Crippen MR) is 100 cm³/mol. The zero-order chi connectivity index (χ0) is 23.3. The van der Waals surface area contributed by atoms with Crippen LogP contribution in [0.5, 0.6) is 0 Å². The highest BCUT2D eigenvalue weighted by Gasteiger charge is 2.15. The van der Waals surface area contributed by atoms with Gasteiger partial charge in [-0.1, -0.05) is 36.4 Å². The fourth-order valence-corrected chi connectivity index (χ4v) is 2.14. The number of benzene rings is 2. The summed E-state index contributed by atoms with van der Waals surface area (Å²) in [7, 11) is 0. The molecule has 0 radical (unpaired) electrons. The van der Waals surface area contributed by atoms with Crippen LogP contribution in [-0.2, 0) is 39.1 Å². The van der Waals surface area contributed by atoms with Gasteiger partial charge in [0.1, 0.15) is 13.2 Å². The molecule has 0 unspecified atom stereocenters. The van der Waals surface area contributed by atoms with Gasteiger partial charge in [0, 0.05) is 0 Å². The van der Waals surface area contributed by atoms with Gasteiger partial charge in [0.2, 0.25) is 0 Å². The molecular weight excluding hydrogens is 432 g/mol. The Kier molecular flexibility index (Phi) is 9.43. The number of aryl methyl sites for hydroxylation is 2. The van der Waals surface area contributed by atoms with Crippen molar-refractivity contribution < 1.29 is 58.3 Å². The van der Waals surface area contributed by atoms with Gasteiger partial charge in [0.25, 0.3) is 0 Å². The maximum atomic E-state index is 11.7. The molecule has 0 atom stereocenters. The molecule has 2 rings (SSSR count). The molecule has 0 fully saturated rings. The first-order chi connectivity index (χ1) is 15.4. The van der Waals surface area contributed by atoms with E-state index < -0.39 is 37.5 Å². The average Bonchev–Trinajstić information content (AvgIpc) is 2.77. The Morgan fingerprint density at radius 3 is 1.34 bits per heavy atom. The van der Waals surface area contributed by atoms with Gasteiger partial charge in [-0.05, 0) is 37.1 Å². The summed E-state index contributed by atoms with van der Waals surface area (Å²) in [5.41, 5.74) is 1.68. The van der Waals surface area contributed by atoms with Crippen LogP contribution >= 0.6 is 0 Å². The van der Waals surface area contributed by atoms with Crippen LogP contribution in [0, 0.1) is 13.8 Å². The summed E-state index contributed by atoms with van der Waals surface area (Å²) in [6, 6.07) is 13.0. The monoisotopic (exact) mass is 450 g/mol. The van der Waals surface area contributed by atoms with E-state index in [-0.39, 0.29) is 11.1 Å². The van der Waals surface area contributed by atoms with Crippen LogP contribution in [0.4, 0.5) is 9.59 Å². The molecule has 0 aliphatic heterocycles. The number of ether oxygens (including phenoxy) is 2. The highest BCUT2D eigenvalue weighted by Crippen LogP contribution is 2.10. The van der Waals surface area contributed by atoms with E-state index in [0.717, 1.165) is 0 Å². The Labute approximate surface area is 181 Å². The third-order valence-electron chi connectivity index (χ3n) is 3.68. The second kappa shape index (κ2) is 12.5. The van der Waals surface area contributed by atoms with Gasteiger partial charge in [0.05, 0.1) is 21.2 Å². The van der Waals surface area contributed by atoms with E-state index in [4.69, 9.17) is 0 Å². The number of rotatable bonds is 9. The minimum absolute atomic E-state index is 0.211. The molecule has 12 heteroatoms. The summed E-state index contributed by atoms with van der Waals surface area (Å²) in [6.07, 6.45) is -2.74. The molecule has 0 aliphatic rings. The Morgan fingerprint density at radius 1 is 0.594 bits per heavy atom. The third-order valence-corrected chi connectivity index (χ3v) is 3.68. The molecule has 2 aromatic rings. The van der Waals surface area contributed by atoms with Crippen molar-refractivity contribution in [2.24, 2.45) is 0 Å². The molecule has 0 N–H and O–H groups in total. The molecule has 170 valence electrons. The summed E-state index contributed by atoms with van der Waals surface area (Å²) in [5, 5.41) is 8.08. The Balaban J connectivity index is 1.53. The van der Waals surface area contributed by atoms with E-state index in [2.05, 4.69) is 39.1 Å². The van der Waals surface area contributed by atoms with Crippen molar-refractivity contribution in [2.45, 2.75) is 13.8 Å². The summed E-state index contributed by atoms with van der Waals surface area (Å²) in [5.74, 6) is -1.77. The number of hydrogen-bond acceptors (Lipinski definition) is 12. The molecule has 0 aliphatic carbocycles. The fourth-order valence-electron chi connectivity index (χ4n) is 2.14. The van der Waals surface area contributed by atoms with E-state index in [0.29, 0.717) is 11.1 Å². The van der Waals surface area contributed by atoms with Crippen LogP contribution in [0.25, 0.3) is 0 Å². The summed E-state index contributed by atoms with van der Waals surface area (Å²) in [4.78, 5) is 62.7. The van der Waals surface area contributed by atoms with Gasteiger partial charge >= 0.3 is 24.2 Å². The van der Waals surface area contributed by atoms with Gasteiger partial charge in [0.15, 0.2) is 0 Å². The average molecular weight is 450 g/mol. The molecular formula is C20H18O12. The number of hydrogen-bond donors (Lipinski definition) is 0. The van der Waals surface area contributed by atoms with Crippen molar-refractivity contribution >= 4 is 24.2 Å². The van der Waals surface area contributed by atoms with Crippen LogP contribution in [-0.4, -0.2) is 37.5 Å². The van der Waals surface area contributed by atoms with Crippen molar-refractivity contribution in [3.63, 3.8) is 0 Å². The second-order valence-corrected chi connectivity index (χ2v) is 5.87. The van der Waals surface area contributed by atoms with Gasteiger partial charge in [-0.15, -0.1) is 0 Å². The van der Waals surface area contributed by atoms with Crippen molar-refractivity contribution in [2.75, 3.05) is 13.2 Å². The number of carbonyl (C=O) groups excluding carboxylic acids is 4. The Hall–Kier alpha value is -4.16. The molecule has 0 saturated carbocycles. The normalized spacial score (nSPS) is 9.94. The second-order valence-electron chi connectivity index (χ2n) is 5.87. The summed E-state index contributed by atoms with van der Waals surface area (Å²) in [6.45, 7) is 2.42. The molecule has 32 heavy (non-hydrogen) atoms. The molecule has 0 heterocycles. The highest BCUT2D eigenvalue weighted by atomic mass is 17.5. The lowest BCUT2D eigenvalue weighted by Gasteiger charge is -2.06. The lowest BCUT2D eigenvalue weighted by molar-refractivity contribution is -0.453. The first-order valence-electron chi connectivity index (χ1n) is 8.94. The predicted octanol–water partition coefficient (Wildman–Crippen LogP) is 3.32. The summed E-state index contributed by atoms with van der Waals surface area (Å²) >= 11 is 0. The Morgan fingerprint density at radius 2 is 0.969 bits per heavy atom. The molecule has 0 amide bonds.